The van der Waals surface area contributed by atoms with Gasteiger partial charge < -0.3 is 20.1 Å². The van der Waals surface area contributed by atoms with Crippen molar-refractivity contribution >= 4 is 0 Å². The molecule has 0 unspecified atom stereocenters. The summed E-state index contributed by atoms with van der Waals surface area (Å²) in [7, 11) is 0. The number of nitrogens with zero attached hydrogens (tertiary/aromatic N) is 1. The first-order valence-corrected chi connectivity index (χ1v) is 6.43. The van der Waals surface area contributed by atoms with E-state index in [4.69, 9.17) is 15.2 Å². The normalized spacial score (nSPS) is 11.2. The molecule has 4 heteroatoms. The molecule has 0 heterocycles. The highest BCUT2D eigenvalue weighted by Crippen LogP contribution is 1.95. The summed E-state index contributed by atoms with van der Waals surface area (Å²) in [6, 6.07) is 0. The molecular weight excluding hydrogens is 204 g/mol. The van der Waals surface area contributed by atoms with Crippen molar-refractivity contribution in [3.05, 3.63) is 0 Å². The van der Waals surface area contributed by atoms with E-state index in [1.165, 1.54) is 0 Å². The Morgan fingerprint density at radius 2 is 1.38 bits per heavy atom. The maximum atomic E-state index is 5.59. The summed E-state index contributed by atoms with van der Waals surface area (Å²) < 4.78 is 10.6. The van der Waals surface area contributed by atoms with Crippen molar-refractivity contribution in [2.24, 2.45) is 5.73 Å². The van der Waals surface area contributed by atoms with Crippen LogP contribution in [0.3, 0.4) is 0 Å². The van der Waals surface area contributed by atoms with Gasteiger partial charge in [-0.3, -0.25) is 0 Å². The van der Waals surface area contributed by atoms with Gasteiger partial charge in [0.15, 0.2) is 0 Å². The number of hydrogen-bond donors (Lipinski definition) is 1. The topological polar surface area (TPSA) is 47.7 Å². The van der Waals surface area contributed by atoms with Crippen molar-refractivity contribution in [2.75, 3.05) is 52.6 Å². The van der Waals surface area contributed by atoms with Gasteiger partial charge in [0.1, 0.15) is 0 Å². The second-order valence-electron chi connectivity index (χ2n) is 3.73. The third-order valence-corrected chi connectivity index (χ3v) is 2.38. The van der Waals surface area contributed by atoms with Crippen molar-refractivity contribution in [1.29, 1.82) is 0 Å². The standard InChI is InChI=1S/C12H28N2O2/c1-3-15-11-5-8-14(10-7-13)9-6-12-16-4-2/h3-13H2,1-2H3. The van der Waals surface area contributed by atoms with Gasteiger partial charge in [-0.25, -0.2) is 0 Å². The molecule has 0 spiro atoms. The van der Waals surface area contributed by atoms with E-state index in [0.29, 0.717) is 0 Å². The molecule has 2 N–H and O–H groups in total. The minimum absolute atomic E-state index is 0.725. The van der Waals surface area contributed by atoms with Crippen molar-refractivity contribution in [3.63, 3.8) is 0 Å². The maximum Gasteiger partial charge on any atom is 0.0478 e. The van der Waals surface area contributed by atoms with Crippen molar-refractivity contribution < 1.29 is 9.47 Å². The van der Waals surface area contributed by atoms with Crippen LogP contribution >= 0.6 is 0 Å². The highest BCUT2D eigenvalue weighted by atomic mass is 16.5. The molecule has 0 fully saturated rings. The first-order valence-electron chi connectivity index (χ1n) is 6.43. The molecule has 0 rings (SSSR count). The molecule has 0 aromatic carbocycles. The molecule has 0 aromatic rings. The van der Waals surface area contributed by atoms with E-state index in [1.807, 2.05) is 13.8 Å². The smallest absolute Gasteiger partial charge is 0.0478 e. The molecule has 98 valence electrons. The summed E-state index contributed by atoms with van der Waals surface area (Å²) >= 11 is 0. The van der Waals surface area contributed by atoms with E-state index in [-0.39, 0.29) is 0 Å². The molecule has 16 heavy (non-hydrogen) atoms. The zero-order chi connectivity index (χ0) is 12.1. The van der Waals surface area contributed by atoms with Crippen LogP contribution in [0.4, 0.5) is 0 Å². The van der Waals surface area contributed by atoms with Crippen molar-refractivity contribution in [2.45, 2.75) is 26.7 Å². The van der Waals surface area contributed by atoms with Crippen LogP contribution in [0.25, 0.3) is 0 Å². The van der Waals surface area contributed by atoms with E-state index in [9.17, 15) is 0 Å². The summed E-state index contributed by atoms with van der Waals surface area (Å²) in [6.07, 6.45) is 2.17. The Hall–Kier alpha value is -0.160. The summed E-state index contributed by atoms with van der Waals surface area (Å²) in [5, 5.41) is 0. The number of rotatable bonds is 12. The predicted molar refractivity (Wildman–Crippen MR) is 67.7 cm³/mol. The van der Waals surface area contributed by atoms with E-state index in [2.05, 4.69) is 4.90 Å². The molecule has 0 aliphatic heterocycles. The Balaban J connectivity index is 3.45. The molecule has 0 aliphatic carbocycles. The molecule has 0 radical (unpaired) electrons. The second-order valence-corrected chi connectivity index (χ2v) is 3.73. The molecule has 0 aromatic heterocycles. The third kappa shape index (κ3) is 10.4. The highest BCUT2D eigenvalue weighted by Gasteiger charge is 2.03. The lowest BCUT2D eigenvalue weighted by molar-refractivity contribution is 0.118. The third-order valence-electron chi connectivity index (χ3n) is 2.38. The molecule has 0 saturated heterocycles. The van der Waals surface area contributed by atoms with Crippen LogP contribution < -0.4 is 5.73 Å². The fourth-order valence-corrected chi connectivity index (χ4v) is 1.59. The Morgan fingerprint density at radius 1 is 0.875 bits per heavy atom. The Morgan fingerprint density at radius 3 is 1.75 bits per heavy atom. The van der Waals surface area contributed by atoms with Gasteiger partial charge in [0.25, 0.3) is 0 Å². The highest BCUT2D eigenvalue weighted by molar-refractivity contribution is 4.58. The summed E-state index contributed by atoms with van der Waals surface area (Å²) in [6.45, 7) is 11.2. The number of nitrogens with two attached hydrogens (primary N) is 1. The van der Waals surface area contributed by atoms with Gasteiger partial charge in [-0.1, -0.05) is 0 Å². The van der Waals surface area contributed by atoms with Crippen LogP contribution in [-0.4, -0.2) is 57.5 Å². The van der Waals surface area contributed by atoms with Crippen LogP contribution in [-0.2, 0) is 9.47 Å². The molecular formula is C12H28N2O2. The van der Waals surface area contributed by atoms with Crippen molar-refractivity contribution in [1.82, 2.24) is 4.90 Å². The first-order chi connectivity index (χ1) is 7.85. The Bertz CT molecular complexity index is 122. The number of hydrogen-bond acceptors (Lipinski definition) is 4. The van der Waals surface area contributed by atoms with Gasteiger partial charge in [0, 0.05) is 52.6 Å². The Labute approximate surface area is 100 Å². The monoisotopic (exact) mass is 232 g/mol. The van der Waals surface area contributed by atoms with Gasteiger partial charge in [-0.2, -0.15) is 0 Å². The van der Waals surface area contributed by atoms with Crippen LogP contribution in [0.2, 0.25) is 0 Å². The lowest BCUT2D eigenvalue weighted by atomic mass is 10.3. The first kappa shape index (κ1) is 15.8. The van der Waals surface area contributed by atoms with Gasteiger partial charge >= 0.3 is 0 Å². The van der Waals surface area contributed by atoms with Gasteiger partial charge in [-0.15, -0.1) is 0 Å². The maximum absolute atomic E-state index is 5.59. The average molecular weight is 232 g/mol. The van der Waals surface area contributed by atoms with Gasteiger partial charge in [-0.05, 0) is 26.7 Å². The largest absolute Gasteiger partial charge is 0.382 e. The lowest BCUT2D eigenvalue weighted by Crippen LogP contribution is -2.32. The van der Waals surface area contributed by atoms with Crippen LogP contribution in [0.5, 0.6) is 0 Å². The second kappa shape index (κ2) is 12.9. The fourth-order valence-electron chi connectivity index (χ4n) is 1.59. The average Bonchev–Trinajstić information content (AvgIpc) is 2.30. The Kier molecular flexibility index (Phi) is 12.8. The minimum Gasteiger partial charge on any atom is -0.382 e. The molecule has 4 nitrogen and oxygen atoms in total. The number of ether oxygens (including phenoxy) is 2. The van der Waals surface area contributed by atoms with Gasteiger partial charge in [0.05, 0.1) is 0 Å². The van der Waals surface area contributed by atoms with Crippen LogP contribution in [0, 0.1) is 0 Å². The van der Waals surface area contributed by atoms with Crippen molar-refractivity contribution in [3.8, 4) is 0 Å². The van der Waals surface area contributed by atoms with Crippen LogP contribution in [0.1, 0.15) is 26.7 Å². The predicted octanol–water partition coefficient (Wildman–Crippen LogP) is 1.10. The zero-order valence-corrected chi connectivity index (χ0v) is 10.9. The zero-order valence-electron chi connectivity index (χ0n) is 10.9. The van der Waals surface area contributed by atoms with Crippen LogP contribution in [0.15, 0.2) is 0 Å². The SMILES string of the molecule is CCOCCCN(CCN)CCCOCC. The lowest BCUT2D eigenvalue weighted by Gasteiger charge is -2.21. The van der Waals surface area contributed by atoms with E-state index < -0.39 is 0 Å². The molecule has 0 saturated carbocycles. The summed E-state index contributed by atoms with van der Waals surface area (Å²) in [5.41, 5.74) is 5.59. The summed E-state index contributed by atoms with van der Waals surface area (Å²) in [4.78, 5) is 2.39. The minimum atomic E-state index is 0.725. The van der Waals surface area contributed by atoms with E-state index in [0.717, 1.165) is 65.4 Å². The van der Waals surface area contributed by atoms with E-state index in [1.54, 1.807) is 0 Å². The molecule has 0 atom stereocenters. The quantitative estimate of drug-likeness (QED) is 0.512. The van der Waals surface area contributed by atoms with E-state index >= 15 is 0 Å². The van der Waals surface area contributed by atoms with Gasteiger partial charge in [0.2, 0.25) is 0 Å². The molecule has 0 amide bonds. The fraction of sp³-hybridized carbons (Fsp3) is 1.00. The summed E-state index contributed by atoms with van der Waals surface area (Å²) in [5.74, 6) is 0. The molecule has 0 aliphatic rings. The molecule has 0 bridgehead atoms.